The summed E-state index contributed by atoms with van der Waals surface area (Å²) >= 11 is 3.08. The van der Waals surface area contributed by atoms with E-state index >= 15 is 0 Å². The van der Waals surface area contributed by atoms with Gasteiger partial charge in [-0.25, -0.2) is 4.98 Å². The van der Waals surface area contributed by atoms with Crippen LogP contribution >= 0.6 is 23.1 Å². The second kappa shape index (κ2) is 6.90. The number of ether oxygens (including phenoxy) is 1. The highest BCUT2D eigenvalue weighted by molar-refractivity contribution is 7.99. The van der Waals surface area contributed by atoms with E-state index in [9.17, 15) is 4.79 Å². The molecular formula is C21H20N4O2S2. The standard InChI is InChI=1S/C21H20N4O2S2/c1-12-22-19-17(14-9-21(2,3)27-10-16(14)29-19)18-23-24-20(25(12)18)28-11-15(26)13-7-5-4-6-8-13/h4-8H,9-11H2,1-3H3. The minimum Gasteiger partial charge on any atom is -0.370 e. The third-order valence-electron chi connectivity index (χ3n) is 5.14. The van der Waals surface area contributed by atoms with E-state index in [1.165, 1.54) is 22.2 Å². The van der Waals surface area contributed by atoms with Crippen LogP contribution in [0.3, 0.4) is 0 Å². The molecule has 4 aromatic rings. The molecule has 1 aliphatic heterocycles. The minimum absolute atomic E-state index is 0.0749. The Balaban J connectivity index is 1.54. The number of rotatable bonds is 4. The first kappa shape index (κ1) is 18.7. The van der Waals surface area contributed by atoms with Crippen LogP contribution in [-0.4, -0.2) is 36.7 Å². The largest absolute Gasteiger partial charge is 0.370 e. The zero-order chi connectivity index (χ0) is 20.2. The van der Waals surface area contributed by atoms with Crippen molar-refractivity contribution >= 4 is 44.7 Å². The van der Waals surface area contributed by atoms with Crippen molar-refractivity contribution in [3.05, 3.63) is 52.2 Å². The fourth-order valence-electron chi connectivity index (χ4n) is 3.70. The van der Waals surface area contributed by atoms with E-state index in [-0.39, 0.29) is 11.4 Å². The van der Waals surface area contributed by atoms with Crippen molar-refractivity contribution in [2.24, 2.45) is 0 Å². The summed E-state index contributed by atoms with van der Waals surface area (Å²) in [5, 5.41) is 10.7. The lowest BCUT2D eigenvalue weighted by Crippen LogP contribution is -2.31. The van der Waals surface area contributed by atoms with Gasteiger partial charge in [0.05, 0.1) is 23.3 Å². The molecule has 0 aliphatic carbocycles. The molecule has 29 heavy (non-hydrogen) atoms. The predicted octanol–water partition coefficient (Wildman–Crippen LogP) is 4.47. The Bertz CT molecular complexity index is 1240. The van der Waals surface area contributed by atoms with Gasteiger partial charge in [-0.05, 0) is 26.3 Å². The molecule has 0 saturated carbocycles. The first-order valence-electron chi connectivity index (χ1n) is 9.44. The van der Waals surface area contributed by atoms with Crippen LogP contribution in [0.2, 0.25) is 0 Å². The maximum Gasteiger partial charge on any atom is 0.197 e. The molecule has 4 heterocycles. The molecule has 0 fully saturated rings. The summed E-state index contributed by atoms with van der Waals surface area (Å²) in [6.45, 7) is 6.78. The summed E-state index contributed by atoms with van der Waals surface area (Å²) in [7, 11) is 0. The smallest absolute Gasteiger partial charge is 0.197 e. The fraction of sp³-hybridized carbons (Fsp3) is 0.333. The number of thioether (sulfide) groups is 1. The molecule has 0 radical (unpaired) electrons. The van der Waals surface area contributed by atoms with E-state index < -0.39 is 0 Å². The Morgan fingerprint density at radius 3 is 2.86 bits per heavy atom. The number of Topliss-reactive ketones (excluding diaryl/α,β-unsaturated/α-hetero) is 1. The van der Waals surface area contributed by atoms with Crippen molar-refractivity contribution in [1.82, 2.24) is 19.6 Å². The zero-order valence-electron chi connectivity index (χ0n) is 16.4. The number of nitrogens with zero attached hydrogens (tertiary/aromatic N) is 4. The lowest BCUT2D eigenvalue weighted by molar-refractivity contribution is -0.0379. The zero-order valence-corrected chi connectivity index (χ0v) is 18.1. The summed E-state index contributed by atoms with van der Waals surface area (Å²) in [5.41, 5.74) is 2.59. The van der Waals surface area contributed by atoms with Gasteiger partial charge in [0.2, 0.25) is 0 Å². The van der Waals surface area contributed by atoms with Gasteiger partial charge in [0, 0.05) is 16.9 Å². The number of hydrogen-bond donors (Lipinski definition) is 0. The Labute approximate surface area is 176 Å². The molecule has 0 bridgehead atoms. The second-order valence-electron chi connectivity index (χ2n) is 7.79. The number of benzene rings is 1. The first-order valence-corrected chi connectivity index (χ1v) is 11.2. The average molecular weight is 425 g/mol. The molecule has 0 spiro atoms. The predicted molar refractivity (Wildman–Crippen MR) is 115 cm³/mol. The molecular weight excluding hydrogens is 404 g/mol. The molecule has 5 rings (SSSR count). The number of fused-ring (bicyclic) bond motifs is 5. The van der Waals surface area contributed by atoms with Gasteiger partial charge >= 0.3 is 0 Å². The van der Waals surface area contributed by atoms with E-state index in [0.717, 1.165) is 28.1 Å². The van der Waals surface area contributed by atoms with Crippen LogP contribution in [0.4, 0.5) is 0 Å². The van der Waals surface area contributed by atoms with Gasteiger partial charge in [-0.3, -0.25) is 9.20 Å². The van der Waals surface area contributed by atoms with Gasteiger partial charge in [0.1, 0.15) is 10.7 Å². The molecule has 0 atom stereocenters. The van der Waals surface area contributed by atoms with Crippen molar-refractivity contribution in [3.63, 3.8) is 0 Å². The quantitative estimate of drug-likeness (QED) is 0.356. The number of aromatic nitrogens is 4. The van der Waals surface area contributed by atoms with Crippen LogP contribution in [0.25, 0.3) is 15.9 Å². The van der Waals surface area contributed by atoms with Gasteiger partial charge in [-0.2, -0.15) is 0 Å². The van der Waals surface area contributed by atoms with Crippen LogP contribution in [-0.2, 0) is 17.8 Å². The van der Waals surface area contributed by atoms with Crippen molar-refractivity contribution in [3.8, 4) is 0 Å². The van der Waals surface area contributed by atoms with Crippen LogP contribution in [0.15, 0.2) is 35.5 Å². The summed E-state index contributed by atoms with van der Waals surface area (Å²) < 4.78 is 7.95. The molecule has 8 heteroatoms. The summed E-state index contributed by atoms with van der Waals surface area (Å²) in [4.78, 5) is 19.5. The van der Waals surface area contributed by atoms with Crippen molar-refractivity contribution < 1.29 is 9.53 Å². The Morgan fingerprint density at radius 1 is 1.28 bits per heavy atom. The molecule has 6 nitrogen and oxygen atoms in total. The lowest BCUT2D eigenvalue weighted by atomic mass is 9.94. The first-order chi connectivity index (χ1) is 13.9. The van der Waals surface area contributed by atoms with Gasteiger partial charge in [0.25, 0.3) is 0 Å². The Morgan fingerprint density at radius 2 is 2.07 bits per heavy atom. The highest BCUT2D eigenvalue weighted by Crippen LogP contribution is 2.40. The number of carbonyl (C=O) groups is 1. The highest BCUT2D eigenvalue weighted by Gasteiger charge is 2.31. The minimum atomic E-state index is -0.206. The molecule has 1 aliphatic rings. The number of hydrogen-bond acceptors (Lipinski definition) is 7. The third kappa shape index (κ3) is 3.25. The van der Waals surface area contributed by atoms with Gasteiger partial charge in [-0.1, -0.05) is 42.1 Å². The van der Waals surface area contributed by atoms with Crippen molar-refractivity contribution in [2.75, 3.05) is 5.75 Å². The normalized spacial score (nSPS) is 15.7. The monoisotopic (exact) mass is 424 g/mol. The molecule has 0 amide bonds. The number of aryl methyl sites for hydroxylation is 1. The Hall–Kier alpha value is -2.29. The van der Waals surface area contributed by atoms with Gasteiger partial charge < -0.3 is 4.74 Å². The molecule has 0 saturated heterocycles. The molecule has 0 unspecified atom stereocenters. The summed E-state index contributed by atoms with van der Waals surface area (Å²) in [6, 6.07) is 9.33. The van der Waals surface area contributed by atoms with Gasteiger partial charge in [0.15, 0.2) is 16.6 Å². The van der Waals surface area contributed by atoms with Gasteiger partial charge in [-0.15, -0.1) is 21.5 Å². The number of ketones is 1. The molecule has 0 N–H and O–H groups in total. The fourth-order valence-corrected chi connectivity index (χ4v) is 5.72. The topological polar surface area (TPSA) is 69.4 Å². The van der Waals surface area contributed by atoms with E-state index in [1.807, 2.05) is 41.7 Å². The molecule has 148 valence electrons. The van der Waals surface area contributed by atoms with E-state index in [2.05, 4.69) is 24.0 Å². The van der Waals surface area contributed by atoms with E-state index in [1.54, 1.807) is 11.3 Å². The van der Waals surface area contributed by atoms with Crippen molar-refractivity contribution in [1.29, 1.82) is 0 Å². The highest BCUT2D eigenvalue weighted by atomic mass is 32.2. The van der Waals surface area contributed by atoms with Crippen molar-refractivity contribution in [2.45, 2.75) is 44.6 Å². The van der Waals surface area contributed by atoms with Crippen LogP contribution in [0.5, 0.6) is 0 Å². The summed E-state index contributed by atoms with van der Waals surface area (Å²) in [5.74, 6) is 1.21. The maximum atomic E-state index is 12.5. The third-order valence-corrected chi connectivity index (χ3v) is 7.17. The van der Waals surface area contributed by atoms with E-state index in [4.69, 9.17) is 9.72 Å². The number of carbonyl (C=O) groups excluding carboxylic acids is 1. The van der Waals surface area contributed by atoms with Crippen LogP contribution in [0.1, 0.15) is 40.5 Å². The second-order valence-corrected chi connectivity index (χ2v) is 9.81. The summed E-state index contributed by atoms with van der Waals surface area (Å²) in [6.07, 6.45) is 0.824. The van der Waals surface area contributed by atoms with Crippen LogP contribution < -0.4 is 0 Å². The maximum absolute atomic E-state index is 12.5. The average Bonchev–Trinajstić information content (AvgIpc) is 3.27. The molecule has 1 aromatic carbocycles. The lowest BCUT2D eigenvalue weighted by Gasteiger charge is -2.30. The van der Waals surface area contributed by atoms with E-state index in [0.29, 0.717) is 23.1 Å². The molecule has 3 aromatic heterocycles. The van der Waals surface area contributed by atoms with Crippen LogP contribution in [0, 0.1) is 6.92 Å². The SMILES string of the molecule is Cc1nc2sc3c(c2c2nnc(SCC(=O)c4ccccc4)n12)CC(C)(C)OC3. The Kier molecular flexibility index (Phi) is 4.45. The number of thiophene rings is 1.